The van der Waals surface area contributed by atoms with E-state index in [0.717, 1.165) is 11.7 Å². The minimum atomic E-state index is 0.818. The largest absolute Gasteiger partial charge is 0.399 e. The summed E-state index contributed by atoms with van der Waals surface area (Å²) >= 11 is 0. The van der Waals surface area contributed by atoms with E-state index in [0.29, 0.717) is 0 Å². The van der Waals surface area contributed by atoms with Crippen molar-refractivity contribution in [2.45, 2.75) is 44.6 Å². The molecule has 1 aromatic rings. The molecular weight excluding hydrogens is 246 g/mol. The fourth-order valence-corrected chi connectivity index (χ4v) is 3.63. The Hall–Kier alpha value is -1.22. The Balaban J connectivity index is 1.54. The highest BCUT2D eigenvalue weighted by Crippen LogP contribution is 2.25. The Kier molecular flexibility index (Phi) is 4.46. The van der Waals surface area contributed by atoms with E-state index in [9.17, 15) is 0 Å². The van der Waals surface area contributed by atoms with Crippen LogP contribution in [0.4, 0.5) is 11.4 Å². The second-order valence-electron chi connectivity index (χ2n) is 6.26. The molecule has 3 heteroatoms. The van der Waals surface area contributed by atoms with Crippen molar-refractivity contribution in [3.8, 4) is 0 Å². The quantitative estimate of drug-likeness (QED) is 0.840. The molecule has 0 spiro atoms. The maximum Gasteiger partial charge on any atom is 0.0367 e. The molecule has 0 atom stereocenters. The number of likely N-dealkylation sites (tertiary alicyclic amines) is 1. The van der Waals surface area contributed by atoms with Crippen molar-refractivity contribution < 1.29 is 0 Å². The number of nitrogen functional groups attached to an aromatic ring is 1. The molecule has 0 aliphatic carbocycles. The molecule has 2 heterocycles. The molecule has 2 N–H and O–H groups in total. The van der Waals surface area contributed by atoms with Gasteiger partial charge in [-0.3, -0.25) is 0 Å². The van der Waals surface area contributed by atoms with E-state index in [1.54, 1.807) is 0 Å². The van der Waals surface area contributed by atoms with Gasteiger partial charge in [0.25, 0.3) is 0 Å². The lowest BCUT2D eigenvalue weighted by atomic mass is 10.0. The van der Waals surface area contributed by atoms with Crippen LogP contribution in [-0.2, 0) is 0 Å². The van der Waals surface area contributed by atoms with Gasteiger partial charge in [-0.05, 0) is 63.0 Å². The number of rotatable bonds is 2. The number of anilines is 2. The number of nitrogens with zero attached hydrogens (tertiary/aromatic N) is 2. The molecule has 0 amide bonds. The predicted molar refractivity (Wildman–Crippen MR) is 86.1 cm³/mol. The molecule has 2 fully saturated rings. The van der Waals surface area contributed by atoms with E-state index in [1.807, 2.05) is 12.1 Å². The molecule has 0 radical (unpaired) electrons. The van der Waals surface area contributed by atoms with E-state index in [4.69, 9.17) is 5.73 Å². The molecule has 3 rings (SSSR count). The Morgan fingerprint density at radius 1 is 0.800 bits per heavy atom. The molecule has 2 aliphatic rings. The third kappa shape index (κ3) is 3.26. The van der Waals surface area contributed by atoms with Gasteiger partial charge >= 0.3 is 0 Å². The van der Waals surface area contributed by atoms with Crippen LogP contribution in [0.5, 0.6) is 0 Å². The van der Waals surface area contributed by atoms with Crippen LogP contribution in [0.2, 0.25) is 0 Å². The molecule has 1 aromatic carbocycles. The van der Waals surface area contributed by atoms with Crippen molar-refractivity contribution in [3.63, 3.8) is 0 Å². The second kappa shape index (κ2) is 6.49. The van der Waals surface area contributed by atoms with Gasteiger partial charge in [0.05, 0.1) is 0 Å². The molecule has 2 saturated heterocycles. The van der Waals surface area contributed by atoms with Gasteiger partial charge in [0, 0.05) is 30.5 Å². The minimum absolute atomic E-state index is 0.818. The maximum absolute atomic E-state index is 5.77. The molecule has 3 nitrogen and oxygen atoms in total. The fraction of sp³-hybridized carbons (Fsp3) is 0.647. The van der Waals surface area contributed by atoms with Gasteiger partial charge in [-0.1, -0.05) is 12.8 Å². The first kappa shape index (κ1) is 13.7. The third-order valence-corrected chi connectivity index (χ3v) is 4.88. The fourth-order valence-electron chi connectivity index (χ4n) is 3.63. The lowest BCUT2D eigenvalue weighted by molar-refractivity contribution is 0.175. The maximum atomic E-state index is 5.77. The summed E-state index contributed by atoms with van der Waals surface area (Å²) in [6.45, 7) is 5.02. The summed E-state index contributed by atoms with van der Waals surface area (Å²) in [7, 11) is 0. The zero-order valence-corrected chi connectivity index (χ0v) is 12.4. The Bertz CT molecular complexity index is 399. The zero-order valence-electron chi connectivity index (χ0n) is 12.4. The summed E-state index contributed by atoms with van der Waals surface area (Å²) in [5.41, 5.74) is 7.95. The average Bonchev–Trinajstić information content (AvgIpc) is 2.77. The van der Waals surface area contributed by atoms with Crippen LogP contribution in [-0.4, -0.2) is 37.1 Å². The van der Waals surface area contributed by atoms with E-state index < -0.39 is 0 Å². The average molecular weight is 273 g/mol. The molecule has 20 heavy (non-hydrogen) atoms. The monoisotopic (exact) mass is 273 g/mol. The first-order chi connectivity index (χ1) is 9.83. The molecule has 0 unspecified atom stereocenters. The Labute approximate surface area is 122 Å². The van der Waals surface area contributed by atoms with Crippen molar-refractivity contribution >= 4 is 11.4 Å². The Morgan fingerprint density at radius 3 is 2.00 bits per heavy atom. The van der Waals surface area contributed by atoms with Crippen molar-refractivity contribution in [3.05, 3.63) is 24.3 Å². The molecule has 110 valence electrons. The lowest BCUT2D eigenvalue weighted by Gasteiger charge is -2.39. The topological polar surface area (TPSA) is 32.5 Å². The molecule has 2 aliphatic heterocycles. The number of benzene rings is 1. The van der Waals surface area contributed by atoms with Crippen LogP contribution in [0, 0.1) is 0 Å². The van der Waals surface area contributed by atoms with Crippen LogP contribution < -0.4 is 10.6 Å². The highest BCUT2D eigenvalue weighted by atomic mass is 15.2. The second-order valence-corrected chi connectivity index (χ2v) is 6.26. The smallest absolute Gasteiger partial charge is 0.0367 e. The van der Waals surface area contributed by atoms with Gasteiger partial charge in [-0.25, -0.2) is 0 Å². The van der Waals surface area contributed by atoms with E-state index in [2.05, 4.69) is 21.9 Å². The van der Waals surface area contributed by atoms with Gasteiger partial charge in [0.2, 0.25) is 0 Å². The van der Waals surface area contributed by atoms with Crippen molar-refractivity contribution in [1.82, 2.24) is 4.90 Å². The van der Waals surface area contributed by atoms with E-state index in [-0.39, 0.29) is 0 Å². The predicted octanol–water partition coefficient (Wildman–Crippen LogP) is 3.11. The highest BCUT2D eigenvalue weighted by molar-refractivity contribution is 5.53. The summed E-state index contributed by atoms with van der Waals surface area (Å²) in [5.74, 6) is 0. The number of piperidine rings is 1. The standard InChI is InChI=1S/C17H27N3/c18-15-5-7-16(8-6-15)20-13-9-17(10-14-20)19-11-3-1-2-4-12-19/h5-8,17H,1-4,9-14,18H2. The molecule has 0 saturated carbocycles. The van der Waals surface area contributed by atoms with Crippen LogP contribution >= 0.6 is 0 Å². The van der Waals surface area contributed by atoms with E-state index in [1.165, 1.54) is 70.4 Å². The molecular formula is C17H27N3. The summed E-state index contributed by atoms with van der Waals surface area (Å²) in [6.07, 6.45) is 8.28. The van der Waals surface area contributed by atoms with Gasteiger partial charge in [0.1, 0.15) is 0 Å². The minimum Gasteiger partial charge on any atom is -0.399 e. The van der Waals surface area contributed by atoms with Crippen LogP contribution in [0.3, 0.4) is 0 Å². The number of hydrogen-bond donors (Lipinski definition) is 1. The first-order valence-electron chi connectivity index (χ1n) is 8.17. The van der Waals surface area contributed by atoms with Crippen LogP contribution in [0.1, 0.15) is 38.5 Å². The zero-order chi connectivity index (χ0) is 13.8. The van der Waals surface area contributed by atoms with Crippen LogP contribution in [0.15, 0.2) is 24.3 Å². The number of nitrogens with two attached hydrogens (primary N) is 1. The van der Waals surface area contributed by atoms with Crippen LogP contribution in [0.25, 0.3) is 0 Å². The SMILES string of the molecule is Nc1ccc(N2CCC(N3CCCCCC3)CC2)cc1. The highest BCUT2D eigenvalue weighted by Gasteiger charge is 2.24. The van der Waals surface area contributed by atoms with Gasteiger partial charge in [-0.2, -0.15) is 0 Å². The summed E-state index contributed by atoms with van der Waals surface area (Å²) in [4.78, 5) is 5.26. The third-order valence-electron chi connectivity index (χ3n) is 4.88. The van der Waals surface area contributed by atoms with Gasteiger partial charge in [0.15, 0.2) is 0 Å². The number of hydrogen-bond acceptors (Lipinski definition) is 3. The Morgan fingerprint density at radius 2 is 1.40 bits per heavy atom. The summed E-state index contributed by atoms with van der Waals surface area (Å²) < 4.78 is 0. The van der Waals surface area contributed by atoms with E-state index >= 15 is 0 Å². The van der Waals surface area contributed by atoms with Gasteiger partial charge < -0.3 is 15.5 Å². The molecule has 0 bridgehead atoms. The summed E-state index contributed by atoms with van der Waals surface area (Å²) in [5, 5.41) is 0. The first-order valence-corrected chi connectivity index (χ1v) is 8.17. The van der Waals surface area contributed by atoms with Crippen molar-refractivity contribution in [2.24, 2.45) is 0 Å². The normalized spacial score (nSPS) is 22.7. The molecule has 0 aromatic heterocycles. The van der Waals surface area contributed by atoms with Crippen molar-refractivity contribution in [2.75, 3.05) is 36.8 Å². The lowest BCUT2D eigenvalue weighted by Crippen LogP contribution is -2.45. The van der Waals surface area contributed by atoms with Crippen molar-refractivity contribution in [1.29, 1.82) is 0 Å². The van der Waals surface area contributed by atoms with Gasteiger partial charge in [-0.15, -0.1) is 0 Å². The summed E-state index contributed by atoms with van der Waals surface area (Å²) in [6, 6.07) is 9.15.